The quantitative estimate of drug-likeness (QED) is 0.496. The number of rotatable bonds is 5. The molecule has 1 aliphatic carbocycles. The van der Waals surface area contributed by atoms with Gasteiger partial charge in [0.05, 0.1) is 6.20 Å². The van der Waals surface area contributed by atoms with Crippen molar-refractivity contribution in [3.8, 4) is 0 Å². The van der Waals surface area contributed by atoms with Crippen LogP contribution in [0.25, 0.3) is 10.8 Å². The fourth-order valence-electron chi connectivity index (χ4n) is 6.33. The van der Waals surface area contributed by atoms with E-state index in [0.29, 0.717) is 19.5 Å². The van der Waals surface area contributed by atoms with Crippen molar-refractivity contribution in [3.05, 3.63) is 59.4 Å². The fourth-order valence-corrected chi connectivity index (χ4v) is 6.33. The van der Waals surface area contributed by atoms with Crippen molar-refractivity contribution in [1.82, 2.24) is 14.7 Å². The van der Waals surface area contributed by atoms with E-state index in [1.54, 1.807) is 12.4 Å². The van der Waals surface area contributed by atoms with Crippen LogP contribution in [0.3, 0.4) is 0 Å². The number of nitrogens with one attached hydrogen (secondary N) is 1. The molecule has 35 heavy (non-hydrogen) atoms. The van der Waals surface area contributed by atoms with Gasteiger partial charge >= 0.3 is 6.18 Å². The predicted molar refractivity (Wildman–Crippen MR) is 129 cm³/mol. The van der Waals surface area contributed by atoms with Crippen molar-refractivity contribution in [2.75, 3.05) is 25.0 Å². The van der Waals surface area contributed by atoms with Gasteiger partial charge in [0.1, 0.15) is 0 Å². The number of aliphatic hydroxyl groups excluding tert-OH is 1. The summed E-state index contributed by atoms with van der Waals surface area (Å²) in [5.74, 6) is 0. The standard InChI is InChI=1S/C27H31F3N4O/c1-25(8-3-9-25)17-33-12-10-26(11-13-33,27(28,29)30)34-16-18(15-31-34)14-19-6-7-22-23-20(19)4-2-5-21(23)24(35)32-22/h2,4-7,15-16,24,32,35H,3,8-14,17H2,1H3. The molecule has 2 aliphatic heterocycles. The van der Waals surface area contributed by atoms with Crippen LogP contribution in [0.2, 0.25) is 0 Å². The molecule has 0 spiro atoms. The Morgan fingerprint density at radius 2 is 1.89 bits per heavy atom. The molecule has 2 fully saturated rings. The number of aromatic nitrogens is 2. The van der Waals surface area contributed by atoms with Gasteiger partial charge in [-0.15, -0.1) is 0 Å². The topological polar surface area (TPSA) is 53.3 Å². The molecule has 2 aromatic carbocycles. The van der Waals surface area contributed by atoms with Crippen LogP contribution >= 0.6 is 0 Å². The lowest BCUT2D eigenvalue weighted by Gasteiger charge is -2.47. The van der Waals surface area contributed by atoms with E-state index in [0.717, 1.165) is 39.7 Å². The Morgan fingerprint density at radius 1 is 1.11 bits per heavy atom. The SMILES string of the molecule is CC1(CN2CCC(n3cc(Cc4ccc5c6c(cccc46)C(O)N5)cn3)(C(F)(F)F)CC2)CCC1. The van der Waals surface area contributed by atoms with Gasteiger partial charge in [0, 0.05) is 48.9 Å². The third-order valence-electron chi connectivity index (χ3n) is 8.60. The fraction of sp³-hybridized carbons (Fsp3) is 0.519. The maximum Gasteiger partial charge on any atom is 0.413 e. The molecule has 1 atom stereocenters. The molecule has 2 N–H and O–H groups in total. The summed E-state index contributed by atoms with van der Waals surface area (Å²) in [4.78, 5) is 2.21. The highest BCUT2D eigenvalue weighted by molar-refractivity contribution is 6.01. The summed E-state index contributed by atoms with van der Waals surface area (Å²) in [6.07, 6.45) is 2.15. The van der Waals surface area contributed by atoms with Crippen LogP contribution in [-0.2, 0) is 12.0 Å². The second-order valence-electron chi connectivity index (χ2n) is 11.0. The molecule has 0 radical (unpaired) electrons. The minimum atomic E-state index is -4.37. The van der Waals surface area contributed by atoms with E-state index in [-0.39, 0.29) is 18.3 Å². The highest BCUT2D eigenvalue weighted by Crippen LogP contribution is 2.47. The second kappa shape index (κ2) is 7.96. The van der Waals surface area contributed by atoms with Crippen LogP contribution in [-0.4, -0.2) is 45.6 Å². The summed E-state index contributed by atoms with van der Waals surface area (Å²) in [5, 5.41) is 19.6. The molecule has 1 aromatic heterocycles. The Kier molecular flexibility index (Phi) is 5.20. The van der Waals surface area contributed by atoms with Crippen molar-refractivity contribution in [3.63, 3.8) is 0 Å². The summed E-state index contributed by atoms with van der Waals surface area (Å²) in [6.45, 7) is 4.02. The molecule has 3 aliphatic rings. The molecule has 1 saturated carbocycles. The van der Waals surface area contributed by atoms with E-state index >= 15 is 0 Å². The highest BCUT2D eigenvalue weighted by atomic mass is 19.4. The molecule has 5 nitrogen and oxygen atoms in total. The molecule has 8 heteroatoms. The van der Waals surface area contributed by atoms with Crippen LogP contribution in [0.4, 0.5) is 18.9 Å². The van der Waals surface area contributed by atoms with E-state index in [1.165, 1.54) is 23.9 Å². The van der Waals surface area contributed by atoms with Crippen LogP contribution < -0.4 is 5.32 Å². The average molecular weight is 485 g/mol. The first-order valence-electron chi connectivity index (χ1n) is 12.5. The monoisotopic (exact) mass is 484 g/mol. The van der Waals surface area contributed by atoms with Gasteiger partial charge in [-0.1, -0.05) is 37.6 Å². The molecule has 0 amide bonds. The van der Waals surface area contributed by atoms with E-state index in [9.17, 15) is 18.3 Å². The van der Waals surface area contributed by atoms with Gasteiger partial charge in [-0.3, -0.25) is 4.68 Å². The number of benzene rings is 2. The highest BCUT2D eigenvalue weighted by Gasteiger charge is 2.58. The Bertz CT molecular complexity index is 1260. The number of aliphatic hydroxyl groups is 1. The normalized spacial score (nSPS) is 23.3. The maximum absolute atomic E-state index is 14.5. The zero-order valence-electron chi connectivity index (χ0n) is 19.9. The number of anilines is 1. The molecule has 1 saturated heterocycles. The van der Waals surface area contributed by atoms with Crippen LogP contribution in [0, 0.1) is 5.41 Å². The molecular weight excluding hydrogens is 453 g/mol. The smallest absolute Gasteiger partial charge is 0.369 e. The average Bonchev–Trinajstić information content (AvgIpc) is 3.40. The predicted octanol–water partition coefficient (Wildman–Crippen LogP) is 5.59. The van der Waals surface area contributed by atoms with Crippen LogP contribution in [0.5, 0.6) is 0 Å². The number of alkyl halides is 3. The van der Waals surface area contributed by atoms with E-state index in [2.05, 4.69) is 22.2 Å². The Balaban J connectivity index is 1.25. The van der Waals surface area contributed by atoms with Crippen molar-refractivity contribution in [1.29, 1.82) is 0 Å². The first kappa shape index (κ1) is 22.9. The zero-order chi connectivity index (χ0) is 24.4. The Hall–Kier alpha value is -2.58. The zero-order valence-corrected chi connectivity index (χ0v) is 19.9. The summed E-state index contributed by atoms with van der Waals surface area (Å²) >= 11 is 0. The molecule has 6 rings (SSSR count). The summed E-state index contributed by atoms with van der Waals surface area (Å²) < 4.78 is 44.7. The van der Waals surface area contributed by atoms with Gasteiger partial charge in [0.2, 0.25) is 0 Å². The van der Waals surface area contributed by atoms with E-state index in [4.69, 9.17) is 0 Å². The third kappa shape index (κ3) is 3.73. The molecule has 3 aromatic rings. The van der Waals surface area contributed by atoms with Crippen molar-refractivity contribution in [2.45, 2.75) is 63.4 Å². The summed E-state index contributed by atoms with van der Waals surface area (Å²) in [5.41, 5.74) is 1.77. The first-order valence-corrected chi connectivity index (χ1v) is 12.5. The van der Waals surface area contributed by atoms with Crippen molar-refractivity contribution in [2.24, 2.45) is 5.41 Å². The van der Waals surface area contributed by atoms with Crippen molar-refractivity contribution < 1.29 is 18.3 Å². The third-order valence-corrected chi connectivity index (χ3v) is 8.60. The lowest BCUT2D eigenvalue weighted by Crippen LogP contribution is -2.56. The van der Waals surface area contributed by atoms with E-state index in [1.807, 2.05) is 30.3 Å². The number of nitrogens with zero attached hydrogens (tertiary/aromatic N) is 3. The minimum absolute atomic E-state index is 0.0260. The Labute approximate surface area is 202 Å². The molecule has 1 unspecified atom stereocenters. The number of piperidine rings is 1. The minimum Gasteiger partial charge on any atom is -0.369 e. The number of halogens is 3. The number of hydrogen-bond donors (Lipinski definition) is 2. The molecule has 0 bridgehead atoms. The van der Waals surface area contributed by atoms with Gasteiger partial charge in [0.25, 0.3) is 0 Å². The van der Waals surface area contributed by atoms with Gasteiger partial charge in [0.15, 0.2) is 11.8 Å². The van der Waals surface area contributed by atoms with Crippen molar-refractivity contribution >= 4 is 16.5 Å². The van der Waals surface area contributed by atoms with Gasteiger partial charge in [-0.2, -0.15) is 18.3 Å². The molecule has 3 heterocycles. The number of likely N-dealkylation sites (tertiary alicyclic amines) is 1. The molecule has 186 valence electrons. The van der Waals surface area contributed by atoms with E-state index < -0.39 is 17.9 Å². The number of hydrogen-bond acceptors (Lipinski definition) is 4. The maximum atomic E-state index is 14.5. The molecular formula is C27H31F3N4O. The van der Waals surface area contributed by atoms with Gasteiger partial charge in [-0.05, 0) is 53.7 Å². The van der Waals surface area contributed by atoms with Crippen LogP contribution in [0.1, 0.15) is 61.9 Å². The lowest BCUT2D eigenvalue weighted by atomic mass is 9.70. The Morgan fingerprint density at radius 3 is 2.57 bits per heavy atom. The lowest BCUT2D eigenvalue weighted by molar-refractivity contribution is -0.232. The summed E-state index contributed by atoms with van der Waals surface area (Å²) in [6, 6.07) is 9.70. The van der Waals surface area contributed by atoms with Crippen LogP contribution in [0.15, 0.2) is 42.7 Å². The first-order chi connectivity index (χ1) is 16.7. The summed E-state index contributed by atoms with van der Waals surface area (Å²) in [7, 11) is 0. The second-order valence-corrected chi connectivity index (χ2v) is 11.0. The van der Waals surface area contributed by atoms with Gasteiger partial charge in [-0.25, -0.2) is 0 Å². The van der Waals surface area contributed by atoms with Gasteiger partial charge < -0.3 is 15.3 Å². The largest absolute Gasteiger partial charge is 0.413 e.